The van der Waals surface area contributed by atoms with Gasteiger partial charge in [-0.3, -0.25) is 0 Å². The van der Waals surface area contributed by atoms with Crippen molar-refractivity contribution in [3.63, 3.8) is 0 Å². The summed E-state index contributed by atoms with van der Waals surface area (Å²) in [4.78, 5) is 0. The molecule has 3 fully saturated rings. The predicted molar refractivity (Wildman–Crippen MR) is 40.4 cm³/mol. The van der Waals surface area contributed by atoms with E-state index < -0.39 is 6.26 Å². The molecule has 3 aliphatic heterocycles. The van der Waals surface area contributed by atoms with Crippen molar-refractivity contribution in [3.8, 4) is 0 Å². The van der Waals surface area contributed by atoms with Gasteiger partial charge in [-0.15, -0.1) is 6.26 Å². The highest BCUT2D eigenvalue weighted by Crippen LogP contribution is 3.52. The second-order valence-corrected chi connectivity index (χ2v) is 21.3. The van der Waals surface area contributed by atoms with Crippen molar-refractivity contribution in [1.29, 1.82) is 0 Å². The highest BCUT2D eigenvalue weighted by molar-refractivity contribution is 9.91. The minimum Gasteiger partial charge on any atom is -0.138 e. The summed E-state index contributed by atoms with van der Waals surface area (Å²) in [6, 6.07) is 0. The van der Waals surface area contributed by atoms with E-state index >= 15 is 0 Å². The van der Waals surface area contributed by atoms with Crippen LogP contribution in [0, 0.1) is 0 Å². The van der Waals surface area contributed by atoms with Crippen LogP contribution in [-0.2, 0) is 0 Å². The molecule has 3 heterocycles. The first-order valence-electron chi connectivity index (χ1n) is 1.83. The number of rotatable bonds is 0. The van der Waals surface area contributed by atoms with Crippen LogP contribution in [0.2, 0.25) is 0 Å². The molecule has 0 aromatic heterocycles. The first-order chi connectivity index (χ1) is 2.68. The van der Waals surface area contributed by atoms with E-state index in [4.69, 9.17) is 0 Å². The van der Waals surface area contributed by atoms with E-state index in [1.807, 2.05) is 0 Å². The van der Waals surface area contributed by atoms with Crippen LogP contribution in [0.5, 0.6) is 0 Å². The molecule has 0 N–H and O–H groups in total. The summed E-state index contributed by atoms with van der Waals surface area (Å²) in [7, 11) is 6.77. The summed E-state index contributed by atoms with van der Waals surface area (Å²) in [6.07, 6.45) is 1.74. The van der Waals surface area contributed by atoms with Gasteiger partial charge in [0, 0.05) is 0 Å². The van der Waals surface area contributed by atoms with Crippen molar-refractivity contribution < 1.29 is 0 Å². The molecule has 6 heavy (non-hydrogen) atoms. The van der Waals surface area contributed by atoms with Gasteiger partial charge in [0.1, 0.15) is 0 Å². The summed E-state index contributed by atoms with van der Waals surface area (Å²) in [5.74, 6) is 0. The molecule has 0 radical (unpaired) electrons. The summed E-state index contributed by atoms with van der Waals surface area (Å²) in [5.41, 5.74) is 0. The molecule has 0 unspecified atom stereocenters. The lowest BCUT2D eigenvalue weighted by molar-refractivity contribution is 2.12. The average molecular weight is 156 g/mol. The Morgan fingerprint density at radius 3 is 1.50 bits per heavy atom. The Morgan fingerprint density at radius 2 is 1.50 bits per heavy atom. The molecule has 0 amide bonds. The Hall–Kier alpha value is 1.40. The number of thiol groups is 1. The third kappa shape index (κ3) is 0.130. The molecule has 0 bridgehead atoms. The molecule has 0 nitrogen and oxygen atoms in total. The van der Waals surface area contributed by atoms with E-state index in [1.165, 1.54) is 0 Å². The second-order valence-electron chi connectivity index (χ2n) is 2.07. The zero-order valence-corrected chi connectivity index (χ0v) is 6.52. The van der Waals surface area contributed by atoms with Gasteiger partial charge in [-0.05, 0) is 6.26 Å². The standard InChI is InChI=1S/C2H4S4/c1-6-2(3-6,4-6)5-6/h6H,1H3. The highest BCUT2D eigenvalue weighted by atomic mass is 34.0. The number of hydrogen-bond donors (Lipinski definition) is 1. The van der Waals surface area contributed by atoms with Gasteiger partial charge in [-0.2, -0.15) is 0 Å². The molecule has 0 aliphatic carbocycles. The Balaban J connectivity index is 2.48. The molecule has 0 atom stereocenters. The van der Waals surface area contributed by atoms with Crippen molar-refractivity contribution in [1.82, 2.24) is 0 Å². The maximum Gasteiger partial charge on any atom is 0.171 e. The first kappa shape index (κ1) is 3.43. The molecular formula is C2H4S4. The SMILES string of the molecule is C[SH]123SC1(S2)S3. The van der Waals surface area contributed by atoms with Crippen LogP contribution in [0.3, 0.4) is 0 Å². The van der Waals surface area contributed by atoms with Crippen LogP contribution in [-0.4, -0.2) is 9.00 Å². The fourth-order valence-electron chi connectivity index (χ4n) is 0.761. The van der Waals surface area contributed by atoms with E-state index in [9.17, 15) is 0 Å². The first-order valence-corrected chi connectivity index (χ1v) is 8.78. The third-order valence-corrected chi connectivity index (χ3v) is 25.5. The van der Waals surface area contributed by atoms with Crippen LogP contribution in [0.1, 0.15) is 0 Å². The maximum atomic E-state index is 2.48. The monoisotopic (exact) mass is 156 g/mol. The van der Waals surface area contributed by atoms with Gasteiger partial charge in [-0.25, -0.2) is 0 Å². The molecule has 3 saturated heterocycles. The van der Waals surface area contributed by atoms with E-state index in [0.717, 1.165) is 2.74 Å². The van der Waals surface area contributed by atoms with E-state index in [-0.39, 0.29) is 0 Å². The highest BCUT2D eigenvalue weighted by Gasteiger charge is 3.08. The Kier molecular flexibility index (Phi) is 0.256. The molecule has 36 valence electrons. The lowest BCUT2D eigenvalue weighted by Gasteiger charge is -2.19. The summed E-state index contributed by atoms with van der Waals surface area (Å²) < 4.78 is 0.881. The van der Waals surface area contributed by atoms with Crippen molar-refractivity contribution >= 4 is 38.6 Å². The second kappa shape index (κ2) is 0.448. The molecule has 3 rings (SSSR count). The van der Waals surface area contributed by atoms with E-state index in [0.29, 0.717) is 0 Å². The van der Waals surface area contributed by atoms with Gasteiger partial charge in [0.2, 0.25) is 0 Å². The summed E-state index contributed by atoms with van der Waals surface area (Å²) >= 11 is 0. The van der Waals surface area contributed by atoms with Crippen molar-refractivity contribution in [3.05, 3.63) is 0 Å². The minimum atomic E-state index is -0.737. The normalized spacial score (nSPS) is 77.8. The van der Waals surface area contributed by atoms with Crippen molar-refractivity contribution in [2.75, 3.05) is 6.26 Å². The number of hydrogen-bond acceptors (Lipinski definition) is 3. The zero-order valence-electron chi connectivity index (χ0n) is 3.17. The van der Waals surface area contributed by atoms with Crippen LogP contribution >= 0.6 is 38.6 Å². The van der Waals surface area contributed by atoms with Gasteiger partial charge in [0.05, 0.1) is 0 Å². The molecule has 0 saturated carbocycles. The molecule has 0 aromatic rings. The Bertz CT molecular complexity index is 138. The van der Waals surface area contributed by atoms with E-state index in [2.05, 4.69) is 38.6 Å². The van der Waals surface area contributed by atoms with Gasteiger partial charge in [-0.1, -0.05) is 32.4 Å². The van der Waals surface area contributed by atoms with Crippen LogP contribution in [0.25, 0.3) is 0 Å². The van der Waals surface area contributed by atoms with Crippen molar-refractivity contribution in [2.45, 2.75) is 2.74 Å². The molecule has 4 heteroatoms. The summed E-state index contributed by atoms with van der Waals surface area (Å²) in [6.45, 7) is 0. The Morgan fingerprint density at radius 1 is 1.33 bits per heavy atom. The lowest BCUT2D eigenvalue weighted by atomic mass is 11.8. The minimum absolute atomic E-state index is 0.737. The fraction of sp³-hybridized carbons (Fsp3) is 1.00. The lowest BCUT2D eigenvalue weighted by Crippen LogP contribution is -1.69. The van der Waals surface area contributed by atoms with Gasteiger partial charge in [0.15, 0.2) is 2.74 Å². The third-order valence-electron chi connectivity index (χ3n) is 1.49. The molecule has 0 spiro atoms. The van der Waals surface area contributed by atoms with Gasteiger partial charge < -0.3 is 0 Å². The quantitative estimate of drug-likeness (QED) is 0.325. The summed E-state index contributed by atoms with van der Waals surface area (Å²) in [5, 5.41) is 0. The van der Waals surface area contributed by atoms with Gasteiger partial charge >= 0.3 is 0 Å². The smallest absolute Gasteiger partial charge is 0.138 e. The zero-order chi connectivity index (χ0) is 4.07. The van der Waals surface area contributed by atoms with Crippen LogP contribution in [0.15, 0.2) is 0 Å². The van der Waals surface area contributed by atoms with E-state index in [1.54, 1.807) is 0 Å². The average Bonchev–Trinajstić information content (AvgIpc) is 1.71. The predicted octanol–water partition coefficient (Wildman–Crippen LogP) is 2.29. The largest absolute Gasteiger partial charge is 0.171 e. The van der Waals surface area contributed by atoms with Crippen LogP contribution < -0.4 is 0 Å². The molecular weight excluding hydrogens is 152 g/mol. The molecule has 3 aliphatic rings. The maximum absolute atomic E-state index is 2.48. The van der Waals surface area contributed by atoms with Crippen molar-refractivity contribution in [2.24, 2.45) is 0 Å². The fourth-order valence-corrected chi connectivity index (χ4v) is 30.9. The Labute approximate surface area is 47.7 Å². The molecule has 0 aromatic carbocycles. The topological polar surface area (TPSA) is 0 Å². The van der Waals surface area contributed by atoms with Crippen LogP contribution in [0.4, 0.5) is 0 Å². The van der Waals surface area contributed by atoms with Gasteiger partial charge in [0.25, 0.3) is 0 Å².